The van der Waals surface area contributed by atoms with Gasteiger partial charge >= 0.3 is 0 Å². The van der Waals surface area contributed by atoms with Crippen molar-refractivity contribution in [2.45, 2.75) is 166 Å². The molecule has 0 unspecified atom stereocenters. The Labute approximate surface area is 621 Å². The summed E-state index contributed by atoms with van der Waals surface area (Å²) in [5, 5.41) is 53.5. The van der Waals surface area contributed by atoms with E-state index >= 15 is 0 Å². The molecule has 24 N–H and O–H groups in total. The summed E-state index contributed by atoms with van der Waals surface area (Å²) in [6.07, 6.45) is -0.0649. The molecule has 0 bridgehead atoms. The standard InChI is InChI=1S/C71H99N19O16S/c1-8-37(6)58-69(105)85-51(32-91)61(97)79-31-54(94)80-46(23-16-24-76-71(74)75)62(98)83-50(28-53(72)93)63(99)82-48(26-40-29-77-44-21-14-12-19-42(40)44)65(101)88-57(36(4)5)68(104)90-59(38(7)92)70(106)84-49(27-41-30-78-45-22-15-13-20-43(41)45)66(102)87-56(35(2)3)67(103)86-52(60(73)96)33-107-34-55(95)81-47(64(100)89-58)25-39-17-10-9-11-18-39/h9-15,17-22,29-30,35-38,46-52,56-59,77-78,91-92H,8,16,23-28,31-34H2,1-7H3,(H2,72,93)(H2,73,96)(H,79,97)(H,80,94)(H,81,95)(H,82,99)(H,83,98)(H,84,106)(H,85,105)(H,86,103)(H,87,102)(H,88,101)(H,89,100)(H,90,104)(H4,74,75,76)/t37-,38-,46-,47+,48-,49-,50-,51-,52-,56-,57-,58-,59-/m0/s1. The second kappa shape index (κ2) is 40.9. The number of primary amides is 2. The average molecular weight is 1510 g/mol. The zero-order valence-electron chi connectivity index (χ0n) is 60.6. The predicted molar refractivity (Wildman–Crippen MR) is 397 cm³/mol. The number of para-hydroxylation sites is 2. The van der Waals surface area contributed by atoms with E-state index in [1.165, 1.54) is 6.92 Å². The Bertz CT molecular complexity index is 4010. The number of hydrogen-bond acceptors (Lipinski definition) is 18. The van der Waals surface area contributed by atoms with Gasteiger partial charge in [-0.25, -0.2) is 0 Å². The first kappa shape index (κ1) is 84.8. The number of nitrogens with two attached hydrogens (primary N) is 4. The Morgan fingerprint density at radius 2 is 0.953 bits per heavy atom. The Morgan fingerprint density at radius 1 is 0.505 bits per heavy atom. The average Bonchev–Trinajstić information content (AvgIpc) is 1.73. The van der Waals surface area contributed by atoms with Gasteiger partial charge in [0.05, 0.1) is 31.4 Å². The van der Waals surface area contributed by atoms with Gasteiger partial charge in [0.1, 0.15) is 66.5 Å². The molecule has 14 amide bonds. The zero-order chi connectivity index (χ0) is 78.8. The minimum absolute atomic E-state index is 0.00251. The molecule has 1 fully saturated rings. The van der Waals surface area contributed by atoms with Crippen molar-refractivity contribution in [2.24, 2.45) is 45.7 Å². The SMILES string of the molecule is CC[C@H](C)[C@@H]1NC(=O)[C@@H](Cc2ccccc2)NC(=O)CSC[C@@H](C(N)=O)NC(=O)[C@H](C(C)C)NC(=O)[C@H](Cc2c[nH]c3ccccc23)NC(=O)[C@H]([C@H](C)O)NC(=O)[C@H](C(C)C)NC(=O)[C@H](Cc2c[nH]c3ccccc23)NC(=O)[C@H](CC(N)=O)NC(=O)[C@H](CCCN=C(N)N)NC(=O)CNC(=O)[C@H](CO)NC1=O. The topological polar surface area (TPSA) is 572 Å². The number of amides is 14. The number of benzene rings is 3. The first-order valence-corrected chi connectivity index (χ1v) is 36.2. The summed E-state index contributed by atoms with van der Waals surface area (Å²) in [6, 6.07) is 4.94. The summed E-state index contributed by atoms with van der Waals surface area (Å²) in [4.78, 5) is 208. The highest BCUT2D eigenvalue weighted by Crippen LogP contribution is 2.23. The van der Waals surface area contributed by atoms with Crippen molar-refractivity contribution in [3.63, 3.8) is 0 Å². The summed E-state index contributed by atoms with van der Waals surface area (Å²) in [7, 11) is 0. The molecule has 1 aliphatic rings. The van der Waals surface area contributed by atoms with Crippen molar-refractivity contribution in [3.8, 4) is 0 Å². The molecule has 107 heavy (non-hydrogen) atoms. The number of aromatic amines is 2. The van der Waals surface area contributed by atoms with Crippen molar-refractivity contribution in [2.75, 3.05) is 31.2 Å². The maximum absolute atomic E-state index is 14.9. The fraction of sp³-hybridized carbons (Fsp3) is 0.479. The van der Waals surface area contributed by atoms with Crippen LogP contribution in [0, 0.1) is 17.8 Å². The van der Waals surface area contributed by atoms with Crippen molar-refractivity contribution in [1.82, 2.24) is 73.8 Å². The lowest BCUT2D eigenvalue weighted by Gasteiger charge is -2.30. The highest BCUT2D eigenvalue weighted by atomic mass is 32.2. The first-order chi connectivity index (χ1) is 50.8. The van der Waals surface area contributed by atoms with Gasteiger partial charge in [-0.05, 0) is 66.3 Å². The number of fused-ring (bicyclic) bond motifs is 2. The number of carbonyl (C=O) groups is 14. The second-order valence-electron chi connectivity index (χ2n) is 26.9. The van der Waals surface area contributed by atoms with Crippen LogP contribution in [0.4, 0.5) is 0 Å². The van der Waals surface area contributed by atoms with Crippen LogP contribution in [0.2, 0.25) is 0 Å². The van der Waals surface area contributed by atoms with Gasteiger partial charge < -0.3 is 107 Å². The summed E-state index contributed by atoms with van der Waals surface area (Å²) in [5.41, 5.74) is 25.4. The van der Waals surface area contributed by atoms with E-state index in [1.807, 2.05) is 0 Å². The molecule has 35 nitrogen and oxygen atoms in total. The molecule has 13 atom stereocenters. The molecule has 1 saturated heterocycles. The Hall–Kier alpha value is -11.1. The summed E-state index contributed by atoms with van der Waals surface area (Å²) < 4.78 is 0. The number of hydrogen-bond donors (Lipinski definition) is 20. The normalized spacial score (nSPS) is 24.0. The van der Waals surface area contributed by atoms with E-state index in [9.17, 15) is 77.3 Å². The monoisotopic (exact) mass is 1510 g/mol. The van der Waals surface area contributed by atoms with Gasteiger partial charge in [-0.1, -0.05) is 115 Å². The lowest BCUT2D eigenvalue weighted by Crippen LogP contribution is -2.63. The molecule has 5 aromatic rings. The van der Waals surface area contributed by atoms with E-state index in [0.717, 1.165) is 11.8 Å². The first-order valence-electron chi connectivity index (χ1n) is 35.0. The van der Waals surface area contributed by atoms with Crippen LogP contribution in [0.5, 0.6) is 0 Å². The van der Waals surface area contributed by atoms with Crippen LogP contribution >= 0.6 is 11.8 Å². The largest absolute Gasteiger partial charge is 0.394 e. The van der Waals surface area contributed by atoms with E-state index in [1.54, 1.807) is 133 Å². The number of aliphatic imine (C=N–C) groups is 1. The zero-order valence-corrected chi connectivity index (χ0v) is 61.4. The van der Waals surface area contributed by atoms with Gasteiger partial charge in [-0.15, -0.1) is 11.8 Å². The van der Waals surface area contributed by atoms with E-state index in [-0.39, 0.29) is 56.8 Å². The van der Waals surface area contributed by atoms with Crippen LogP contribution in [0.15, 0.2) is 96.2 Å². The van der Waals surface area contributed by atoms with Crippen LogP contribution in [0.1, 0.15) is 90.8 Å². The van der Waals surface area contributed by atoms with Gasteiger partial charge in [0.25, 0.3) is 0 Å². The maximum atomic E-state index is 14.9. The van der Waals surface area contributed by atoms with Crippen LogP contribution < -0.4 is 86.7 Å². The number of carbonyl (C=O) groups excluding carboxylic acids is 14. The highest BCUT2D eigenvalue weighted by molar-refractivity contribution is 8.00. The van der Waals surface area contributed by atoms with Gasteiger partial charge in [0.15, 0.2) is 5.96 Å². The summed E-state index contributed by atoms with van der Waals surface area (Å²) >= 11 is 0.846. The molecule has 0 aliphatic carbocycles. The minimum atomic E-state index is -1.88. The number of rotatable bonds is 19. The lowest BCUT2D eigenvalue weighted by atomic mass is 9.96. The number of nitrogens with one attached hydrogen (secondary N) is 14. The second-order valence-corrected chi connectivity index (χ2v) is 27.9. The number of aliphatic hydroxyl groups is 2. The highest BCUT2D eigenvalue weighted by Gasteiger charge is 2.39. The predicted octanol–water partition coefficient (Wildman–Crippen LogP) is -3.98. The van der Waals surface area contributed by atoms with Crippen LogP contribution in [0.25, 0.3) is 21.8 Å². The minimum Gasteiger partial charge on any atom is -0.394 e. The van der Waals surface area contributed by atoms with Gasteiger partial charge in [0, 0.05) is 65.8 Å². The molecule has 3 heterocycles. The fourth-order valence-corrected chi connectivity index (χ4v) is 12.5. The molecule has 3 aromatic carbocycles. The molecule has 1 aliphatic heterocycles. The molecule has 0 spiro atoms. The fourth-order valence-electron chi connectivity index (χ4n) is 11.6. The van der Waals surface area contributed by atoms with Gasteiger partial charge in [-0.3, -0.25) is 72.1 Å². The summed E-state index contributed by atoms with van der Waals surface area (Å²) in [5.74, 6) is -17.3. The molecular weight excluding hydrogens is 1410 g/mol. The van der Waals surface area contributed by atoms with Crippen LogP contribution in [-0.4, -0.2) is 213 Å². The number of aliphatic hydroxyl groups excluding tert-OH is 2. The smallest absolute Gasteiger partial charge is 0.245 e. The van der Waals surface area contributed by atoms with E-state index in [2.05, 4.69) is 78.8 Å². The third kappa shape index (κ3) is 25.6. The Morgan fingerprint density at radius 3 is 1.47 bits per heavy atom. The Kier molecular flexibility index (Phi) is 32.4. The van der Waals surface area contributed by atoms with Crippen LogP contribution in [0.3, 0.4) is 0 Å². The van der Waals surface area contributed by atoms with E-state index in [0.29, 0.717) is 38.5 Å². The van der Waals surface area contributed by atoms with Crippen molar-refractivity contribution >= 4 is 122 Å². The summed E-state index contributed by atoms with van der Waals surface area (Å²) in [6.45, 7) is 8.76. The quantitative estimate of drug-likeness (QED) is 0.0213. The molecule has 6 rings (SSSR count). The molecule has 2 aromatic heterocycles. The molecule has 0 saturated carbocycles. The number of aromatic nitrogens is 2. The molecular formula is C71H99N19O16S. The Balaban J connectivity index is 1.39. The molecule has 0 radical (unpaired) electrons. The van der Waals surface area contributed by atoms with Crippen molar-refractivity contribution in [3.05, 3.63) is 108 Å². The maximum Gasteiger partial charge on any atom is 0.245 e. The van der Waals surface area contributed by atoms with E-state index in [4.69, 9.17) is 22.9 Å². The van der Waals surface area contributed by atoms with Crippen molar-refractivity contribution in [1.29, 1.82) is 0 Å². The number of H-pyrrole nitrogens is 2. The third-order valence-electron chi connectivity index (χ3n) is 17.8. The van der Waals surface area contributed by atoms with Gasteiger partial charge in [0.2, 0.25) is 82.7 Å². The van der Waals surface area contributed by atoms with E-state index < -0.39 is 198 Å². The number of guanidine groups is 1. The molecule has 36 heteroatoms. The van der Waals surface area contributed by atoms with Crippen molar-refractivity contribution < 1.29 is 77.3 Å². The number of thioether (sulfide) groups is 1. The number of nitrogens with zero attached hydrogens (tertiary/aromatic N) is 1. The van der Waals surface area contributed by atoms with Crippen LogP contribution in [-0.2, 0) is 86.4 Å². The molecule has 580 valence electrons. The lowest BCUT2D eigenvalue weighted by molar-refractivity contribution is -0.138. The third-order valence-corrected chi connectivity index (χ3v) is 18.8. The van der Waals surface area contributed by atoms with Gasteiger partial charge in [-0.2, -0.15) is 0 Å².